The van der Waals surface area contributed by atoms with Gasteiger partial charge in [-0.15, -0.1) is 0 Å². The minimum absolute atomic E-state index is 0.0136. The maximum absolute atomic E-state index is 15.7. The number of aliphatic carboxylic acids is 3. The first-order valence-corrected chi connectivity index (χ1v) is 35.4. The van der Waals surface area contributed by atoms with E-state index in [-0.39, 0.29) is 67.9 Å². The van der Waals surface area contributed by atoms with Crippen LogP contribution in [0.5, 0.6) is 0 Å². The van der Waals surface area contributed by atoms with Crippen LogP contribution in [0.4, 0.5) is 26.3 Å². The molecule has 101 heavy (non-hydrogen) atoms. The normalized spacial score (nSPS) is 26.3. The summed E-state index contributed by atoms with van der Waals surface area (Å²) in [7, 11) is 0. The van der Waals surface area contributed by atoms with Crippen molar-refractivity contribution in [3.63, 3.8) is 0 Å². The molecule has 13 nitrogen and oxygen atoms in total. The molecule has 3 aromatic heterocycles. The van der Waals surface area contributed by atoms with Crippen molar-refractivity contribution in [3.05, 3.63) is 229 Å². The fourth-order valence-electron chi connectivity index (χ4n) is 18.7. The second kappa shape index (κ2) is 26.4. The standard InChI is InChI=1S/2C28H28F2N2O2.C26H26F2N2O3/c1-27(2)14-19-18-5-3-4-6-22(18)31-25(19)26(32(27)15-28-11-17(12-28)13-28)24-20(29)9-16(10-21(24)30)7-8-23(33)34;1-2-18-11-20-19-5-3-4-6-23(19)31-26(20)27(32(18)15-28-12-17(13-28)14-28)25-21(29)9-16(10-22(25)30)7-8-24(33)34;1-2-16-13-19-18-5-3-4-6-22(18)29-25(19)26(30(16)17-9-10-33-14-17)24-20(27)11-15(12-21(24)28)7-8-23(31)32/h3-10,17,26,31H,11-15H2,1-2H3,(H,33,34);3-10,17-18,27,31H,2,11-15H2,1H3,(H,33,34);3-8,11-12,16-17,26,29H,2,9-10,13-14H2,1H3,(H,31,32)/b3*8-7+. The number of H-pyrrole nitrogens is 3. The zero-order valence-corrected chi connectivity index (χ0v) is 56.9. The third-order valence-electron chi connectivity index (χ3n) is 23.5. The highest BCUT2D eigenvalue weighted by Gasteiger charge is 2.60. The Morgan fingerprint density at radius 2 is 0.891 bits per heavy atom. The van der Waals surface area contributed by atoms with Gasteiger partial charge in [-0.25, -0.2) is 40.7 Å². The third kappa shape index (κ3) is 12.4. The van der Waals surface area contributed by atoms with Gasteiger partial charge in [0.05, 0.1) is 24.7 Å². The molecule has 6 aliphatic carbocycles. The van der Waals surface area contributed by atoms with E-state index in [1.165, 1.54) is 93.2 Å². The van der Waals surface area contributed by atoms with E-state index in [0.29, 0.717) is 13.2 Å². The Kier molecular flexibility index (Phi) is 17.7. The number of carbonyl (C=O) groups is 3. The number of para-hydroxylation sites is 3. The van der Waals surface area contributed by atoms with E-state index >= 15 is 26.3 Å². The molecule has 0 amide bonds. The first-order chi connectivity index (χ1) is 48.5. The molecule has 6 atom stereocenters. The topological polar surface area (TPSA) is 178 Å². The lowest BCUT2D eigenvalue weighted by Gasteiger charge is -2.65. The molecule has 6 unspecified atom stereocenters. The van der Waals surface area contributed by atoms with Crippen molar-refractivity contribution in [2.75, 3.05) is 26.3 Å². The van der Waals surface area contributed by atoms with Gasteiger partial charge in [0.25, 0.3) is 0 Å². The Bertz CT molecular complexity index is 4760. The Labute approximate surface area is 581 Å². The Hall–Kier alpha value is -9.01. The molecule has 0 spiro atoms. The highest BCUT2D eigenvalue weighted by Crippen LogP contribution is 2.67. The lowest BCUT2D eigenvalue weighted by molar-refractivity contribution is -0.145. The molecule has 0 radical (unpaired) electrons. The molecule has 1 saturated heterocycles. The molecule has 7 heterocycles. The number of ether oxygens (including phenoxy) is 1. The number of carboxylic acid groups (broad SMARTS) is 3. The van der Waals surface area contributed by atoms with E-state index in [1.54, 1.807) is 0 Å². The SMILES string of the molecule is CC1(C)Cc2c([nH]c3ccccc23)C(c2c(F)cc(/C=C/C(=O)O)cc2F)N1CC12CC(C1)C2.CCC1Cc2c([nH]c3ccccc23)C(c2c(F)cc(/C=C/C(=O)O)cc2F)N1C1CCOC1.CCC1Cc2c([nH]c3ccccc23)C(c2c(F)cc(/C=C/C(=O)O)cc2F)N1CC12CC(C1)C2. The van der Waals surface area contributed by atoms with E-state index in [0.717, 1.165) is 148 Å². The van der Waals surface area contributed by atoms with Crippen LogP contribution in [0.1, 0.15) is 171 Å². The number of benzene rings is 6. The fourth-order valence-corrected chi connectivity index (χ4v) is 18.7. The van der Waals surface area contributed by atoms with Crippen molar-refractivity contribution in [1.82, 2.24) is 29.7 Å². The summed E-state index contributed by atoms with van der Waals surface area (Å²) >= 11 is 0. The monoisotopic (exact) mass is 1380 g/mol. The summed E-state index contributed by atoms with van der Waals surface area (Å²) in [6, 6.07) is 30.1. The van der Waals surface area contributed by atoms with Gasteiger partial charge in [0, 0.05) is 128 Å². The quantitative estimate of drug-likeness (QED) is 0.0403. The summed E-state index contributed by atoms with van der Waals surface area (Å²) in [5, 5.41) is 30.0. The number of nitrogens with zero attached hydrogens (tertiary/aromatic N) is 3. The van der Waals surface area contributed by atoms with Crippen LogP contribution < -0.4 is 0 Å². The van der Waals surface area contributed by atoms with Crippen LogP contribution in [0.25, 0.3) is 50.9 Å². The van der Waals surface area contributed by atoms with E-state index in [1.807, 2.05) is 54.6 Å². The summed E-state index contributed by atoms with van der Waals surface area (Å²) in [6.07, 6.45) is 18.6. The lowest BCUT2D eigenvalue weighted by Crippen LogP contribution is -2.62. The zero-order chi connectivity index (χ0) is 70.6. The van der Waals surface area contributed by atoms with Crippen LogP contribution in [0.3, 0.4) is 0 Å². The minimum atomic E-state index is -1.17. The lowest BCUT2D eigenvalue weighted by atomic mass is 9.44. The Morgan fingerprint density at radius 3 is 1.29 bits per heavy atom. The maximum atomic E-state index is 15.7. The third-order valence-corrected chi connectivity index (χ3v) is 23.5. The van der Waals surface area contributed by atoms with E-state index < -0.39 is 70.9 Å². The molecule has 6 saturated carbocycles. The van der Waals surface area contributed by atoms with Gasteiger partial charge in [-0.3, -0.25) is 14.7 Å². The Balaban J connectivity index is 0.000000123. The van der Waals surface area contributed by atoms with Crippen molar-refractivity contribution < 1.29 is 60.8 Å². The summed E-state index contributed by atoms with van der Waals surface area (Å²) < 4.78 is 99.4. The van der Waals surface area contributed by atoms with Crippen LogP contribution in [0.2, 0.25) is 0 Å². The molecule has 6 N–H and O–H groups in total. The summed E-state index contributed by atoms with van der Waals surface area (Å²) in [5.41, 5.74) is 9.73. The number of aromatic amines is 3. The summed E-state index contributed by atoms with van der Waals surface area (Å²) in [5.74, 6) is -5.79. The molecule has 524 valence electrons. The smallest absolute Gasteiger partial charge is 0.328 e. The number of rotatable bonds is 16. The average molecular weight is 1380 g/mol. The fraction of sp³-hybridized carbons (Fsp3) is 0.378. The van der Waals surface area contributed by atoms with Crippen LogP contribution in [0, 0.1) is 57.6 Å². The van der Waals surface area contributed by atoms with Gasteiger partial charge >= 0.3 is 17.9 Å². The van der Waals surface area contributed by atoms with Crippen LogP contribution in [0.15, 0.2) is 127 Å². The van der Waals surface area contributed by atoms with Gasteiger partial charge in [-0.2, -0.15) is 0 Å². The largest absolute Gasteiger partial charge is 0.478 e. The van der Waals surface area contributed by atoms with Crippen molar-refractivity contribution >= 4 is 68.8 Å². The molecule has 4 aliphatic heterocycles. The van der Waals surface area contributed by atoms with Gasteiger partial charge in [0.2, 0.25) is 0 Å². The molecule has 6 aromatic carbocycles. The number of nitrogens with one attached hydrogen (secondary N) is 3. The van der Waals surface area contributed by atoms with Crippen LogP contribution >= 0.6 is 0 Å². The summed E-state index contributed by atoms with van der Waals surface area (Å²) in [4.78, 5) is 50.0. The number of fused-ring (bicyclic) bond motifs is 9. The predicted octanol–water partition coefficient (Wildman–Crippen LogP) is 17.2. The van der Waals surface area contributed by atoms with Crippen LogP contribution in [-0.2, 0) is 38.4 Å². The molecular weight excluding hydrogens is 1290 g/mol. The number of halogens is 6. The van der Waals surface area contributed by atoms with Crippen LogP contribution in [-0.4, -0.2) is 113 Å². The van der Waals surface area contributed by atoms with Gasteiger partial charge in [-0.1, -0.05) is 68.4 Å². The van der Waals surface area contributed by atoms with Crippen molar-refractivity contribution in [2.24, 2.45) is 22.7 Å². The molecule has 10 aliphatic rings. The molecule has 7 fully saturated rings. The zero-order valence-electron chi connectivity index (χ0n) is 56.9. The number of hydrogen-bond donors (Lipinski definition) is 6. The molecular formula is C82H82F6N6O7. The predicted molar refractivity (Wildman–Crippen MR) is 377 cm³/mol. The molecule has 9 aromatic rings. The highest BCUT2D eigenvalue weighted by atomic mass is 19.2. The number of hydrogen-bond acceptors (Lipinski definition) is 7. The second-order valence-electron chi connectivity index (χ2n) is 30.3. The van der Waals surface area contributed by atoms with Gasteiger partial charge < -0.3 is 35.0 Å². The number of aromatic nitrogens is 3. The van der Waals surface area contributed by atoms with Crippen molar-refractivity contribution in [1.29, 1.82) is 0 Å². The van der Waals surface area contributed by atoms with Crippen molar-refractivity contribution in [3.8, 4) is 0 Å². The average Bonchev–Trinajstić information content (AvgIpc) is 1.36. The molecule has 19 rings (SSSR count). The maximum Gasteiger partial charge on any atom is 0.328 e. The minimum Gasteiger partial charge on any atom is -0.478 e. The summed E-state index contributed by atoms with van der Waals surface area (Å²) in [6.45, 7) is 11.4. The highest BCUT2D eigenvalue weighted by molar-refractivity contribution is 5.89. The first kappa shape index (κ1) is 67.8. The molecule has 19 heteroatoms. The van der Waals surface area contributed by atoms with E-state index in [4.69, 9.17) is 20.1 Å². The molecule has 4 bridgehead atoms. The first-order valence-electron chi connectivity index (χ1n) is 35.4. The van der Waals surface area contributed by atoms with E-state index in [2.05, 4.69) is 75.5 Å². The second-order valence-corrected chi connectivity index (χ2v) is 30.3. The van der Waals surface area contributed by atoms with Gasteiger partial charge in [0.15, 0.2) is 0 Å². The Morgan fingerprint density at radius 1 is 0.515 bits per heavy atom. The van der Waals surface area contributed by atoms with Gasteiger partial charge in [-0.05, 0) is 220 Å². The van der Waals surface area contributed by atoms with Crippen molar-refractivity contribution in [2.45, 2.75) is 147 Å². The number of carboxylic acids is 3. The van der Waals surface area contributed by atoms with E-state index in [9.17, 15) is 14.4 Å². The van der Waals surface area contributed by atoms with Gasteiger partial charge in [0.1, 0.15) is 34.9 Å².